The average molecular weight is 240 g/mol. The van der Waals surface area contributed by atoms with E-state index in [9.17, 15) is 4.79 Å². The standard InChI is InChI=1S/C8H6BrN3O/c9-6-2-1-3-7(11-6)12-5-4-10-8(12)13/h1-5H,(H,10,13). The zero-order valence-corrected chi connectivity index (χ0v) is 8.15. The number of H-pyrrole nitrogens is 1. The number of pyridine rings is 1. The van der Waals surface area contributed by atoms with E-state index in [4.69, 9.17) is 0 Å². The van der Waals surface area contributed by atoms with Crippen LogP contribution in [-0.2, 0) is 0 Å². The Morgan fingerprint density at radius 2 is 2.31 bits per heavy atom. The van der Waals surface area contributed by atoms with Crippen LogP contribution in [0.2, 0.25) is 0 Å². The molecule has 0 aliphatic carbocycles. The molecule has 0 saturated heterocycles. The summed E-state index contributed by atoms with van der Waals surface area (Å²) in [5.41, 5.74) is -0.189. The van der Waals surface area contributed by atoms with Gasteiger partial charge in [0.25, 0.3) is 0 Å². The second-order valence-electron chi connectivity index (χ2n) is 2.45. The van der Waals surface area contributed by atoms with E-state index in [1.807, 2.05) is 6.07 Å². The van der Waals surface area contributed by atoms with Crippen LogP contribution in [-0.4, -0.2) is 14.5 Å². The molecule has 2 aromatic heterocycles. The third-order valence-electron chi connectivity index (χ3n) is 1.60. The highest BCUT2D eigenvalue weighted by Gasteiger charge is 2.00. The van der Waals surface area contributed by atoms with Gasteiger partial charge >= 0.3 is 5.69 Å². The van der Waals surface area contributed by atoms with Crippen LogP contribution < -0.4 is 5.69 Å². The van der Waals surface area contributed by atoms with E-state index in [2.05, 4.69) is 25.9 Å². The lowest BCUT2D eigenvalue weighted by Crippen LogP contribution is -2.15. The van der Waals surface area contributed by atoms with Gasteiger partial charge in [-0.1, -0.05) is 6.07 Å². The van der Waals surface area contributed by atoms with E-state index in [-0.39, 0.29) is 5.69 Å². The normalized spacial score (nSPS) is 10.2. The SMILES string of the molecule is O=c1[nH]ccn1-c1cccc(Br)n1. The number of nitrogens with zero attached hydrogens (tertiary/aromatic N) is 2. The molecule has 0 atom stereocenters. The van der Waals surface area contributed by atoms with Crippen LogP contribution >= 0.6 is 15.9 Å². The number of imidazole rings is 1. The summed E-state index contributed by atoms with van der Waals surface area (Å²) < 4.78 is 2.14. The summed E-state index contributed by atoms with van der Waals surface area (Å²) in [7, 11) is 0. The molecule has 0 radical (unpaired) electrons. The van der Waals surface area contributed by atoms with E-state index < -0.39 is 0 Å². The lowest BCUT2D eigenvalue weighted by molar-refractivity contribution is 0.935. The molecule has 0 saturated carbocycles. The molecule has 0 spiro atoms. The minimum Gasteiger partial charge on any atom is -0.312 e. The quantitative estimate of drug-likeness (QED) is 0.764. The topological polar surface area (TPSA) is 50.7 Å². The third kappa shape index (κ3) is 1.55. The number of hydrogen-bond acceptors (Lipinski definition) is 2. The van der Waals surface area contributed by atoms with Crippen molar-refractivity contribution in [3.63, 3.8) is 0 Å². The first-order valence-electron chi connectivity index (χ1n) is 3.66. The van der Waals surface area contributed by atoms with Crippen molar-refractivity contribution >= 4 is 15.9 Å². The zero-order chi connectivity index (χ0) is 9.26. The molecule has 4 nitrogen and oxygen atoms in total. The van der Waals surface area contributed by atoms with Crippen molar-refractivity contribution in [1.82, 2.24) is 14.5 Å². The average Bonchev–Trinajstić information content (AvgIpc) is 2.51. The van der Waals surface area contributed by atoms with E-state index in [0.717, 1.165) is 0 Å². The Bertz CT molecular complexity index is 474. The van der Waals surface area contributed by atoms with Crippen LogP contribution in [0.4, 0.5) is 0 Å². The molecule has 0 unspecified atom stereocenters. The highest BCUT2D eigenvalue weighted by Crippen LogP contribution is 2.07. The highest BCUT2D eigenvalue weighted by molar-refractivity contribution is 9.10. The highest BCUT2D eigenvalue weighted by atomic mass is 79.9. The summed E-state index contributed by atoms with van der Waals surface area (Å²) in [6.07, 6.45) is 3.21. The van der Waals surface area contributed by atoms with Crippen molar-refractivity contribution in [2.24, 2.45) is 0 Å². The first-order valence-corrected chi connectivity index (χ1v) is 4.45. The smallest absolute Gasteiger partial charge is 0.312 e. The number of hydrogen-bond donors (Lipinski definition) is 1. The fourth-order valence-electron chi connectivity index (χ4n) is 1.03. The summed E-state index contributed by atoms with van der Waals surface area (Å²) in [5.74, 6) is 0.598. The number of aromatic amines is 1. The maximum Gasteiger partial charge on any atom is 0.331 e. The van der Waals surface area contributed by atoms with Crippen molar-refractivity contribution < 1.29 is 0 Å². The maximum atomic E-state index is 11.2. The third-order valence-corrected chi connectivity index (χ3v) is 2.04. The fraction of sp³-hybridized carbons (Fsp3) is 0. The molecule has 0 aromatic carbocycles. The Morgan fingerprint density at radius 1 is 1.46 bits per heavy atom. The number of rotatable bonds is 1. The van der Waals surface area contributed by atoms with Gasteiger partial charge in [0, 0.05) is 12.4 Å². The van der Waals surface area contributed by atoms with E-state index in [0.29, 0.717) is 10.4 Å². The first-order chi connectivity index (χ1) is 6.27. The van der Waals surface area contributed by atoms with Gasteiger partial charge in [0.15, 0.2) is 0 Å². The van der Waals surface area contributed by atoms with Crippen LogP contribution in [0.3, 0.4) is 0 Å². The molecule has 66 valence electrons. The molecule has 0 aliphatic heterocycles. The zero-order valence-electron chi connectivity index (χ0n) is 6.57. The van der Waals surface area contributed by atoms with Gasteiger partial charge < -0.3 is 4.98 Å². The van der Waals surface area contributed by atoms with Gasteiger partial charge in [0.1, 0.15) is 10.4 Å². The Hall–Kier alpha value is -1.36. The fourth-order valence-corrected chi connectivity index (χ4v) is 1.37. The van der Waals surface area contributed by atoms with E-state index >= 15 is 0 Å². The molecule has 0 fully saturated rings. The van der Waals surface area contributed by atoms with E-state index in [1.165, 1.54) is 4.57 Å². The van der Waals surface area contributed by atoms with Crippen LogP contribution in [0, 0.1) is 0 Å². The van der Waals surface area contributed by atoms with Gasteiger partial charge in [-0.05, 0) is 28.1 Å². The van der Waals surface area contributed by atoms with Crippen LogP contribution in [0.5, 0.6) is 0 Å². The second-order valence-corrected chi connectivity index (χ2v) is 3.27. The Labute approximate surface area is 82.4 Å². The summed E-state index contributed by atoms with van der Waals surface area (Å²) in [6, 6.07) is 5.40. The predicted molar refractivity (Wildman–Crippen MR) is 51.9 cm³/mol. The van der Waals surface area contributed by atoms with Crippen molar-refractivity contribution in [2.75, 3.05) is 0 Å². The number of nitrogens with one attached hydrogen (secondary N) is 1. The van der Waals surface area contributed by atoms with Crippen LogP contribution in [0.25, 0.3) is 5.82 Å². The Kier molecular flexibility index (Phi) is 2.02. The molecular formula is C8H6BrN3O. The molecule has 5 heteroatoms. The summed E-state index contributed by atoms with van der Waals surface area (Å²) in [6.45, 7) is 0. The molecule has 1 N–H and O–H groups in total. The van der Waals surface area contributed by atoms with Crippen molar-refractivity contribution in [1.29, 1.82) is 0 Å². The van der Waals surface area contributed by atoms with Gasteiger partial charge in [-0.3, -0.25) is 4.57 Å². The molecule has 0 amide bonds. The lowest BCUT2D eigenvalue weighted by atomic mass is 10.5. The van der Waals surface area contributed by atoms with Crippen molar-refractivity contribution in [3.05, 3.63) is 45.7 Å². The lowest BCUT2D eigenvalue weighted by Gasteiger charge is -1.98. The van der Waals surface area contributed by atoms with Gasteiger partial charge in [-0.25, -0.2) is 9.78 Å². The minimum atomic E-state index is -0.189. The largest absolute Gasteiger partial charge is 0.331 e. The van der Waals surface area contributed by atoms with Crippen molar-refractivity contribution in [2.45, 2.75) is 0 Å². The Morgan fingerprint density at radius 3 is 2.92 bits per heavy atom. The molecule has 0 bridgehead atoms. The van der Waals surface area contributed by atoms with Gasteiger partial charge in [0.2, 0.25) is 0 Å². The van der Waals surface area contributed by atoms with Gasteiger partial charge in [-0.2, -0.15) is 0 Å². The van der Waals surface area contributed by atoms with Gasteiger partial charge in [-0.15, -0.1) is 0 Å². The maximum absolute atomic E-state index is 11.2. The summed E-state index contributed by atoms with van der Waals surface area (Å²) in [4.78, 5) is 17.9. The van der Waals surface area contributed by atoms with Crippen LogP contribution in [0.15, 0.2) is 40.0 Å². The molecule has 2 aromatic rings. The molecule has 0 aliphatic rings. The van der Waals surface area contributed by atoms with Crippen LogP contribution in [0.1, 0.15) is 0 Å². The second kappa shape index (κ2) is 3.18. The molecule has 13 heavy (non-hydrogen) atoms. The number of halogens is 1. The molecule has 2 heterocycles. The van der Waals surface area contributed by atoms with Gasteiger partial charge in [0.05, 0.1) is 0 Å². The molecular weight excluding hydrogens is 234 g/mol. The first kappa shape index (κ1) is 8.25. The monoisotopic (exact) mass is 239 g/mol. The minimum absolute atomic E-state index is 0.189. The van der Waals surface area contributed by atoms with E-state index in [1.54, 1.807) is 24.5 Å². The molecule has 2 rings (SSSR count). The Balaban J connectivity index is 2.59. The summed E-state index contributed by atoms with van der Waals surface area (Å²) in [5, 5.41) is 0. The van der Waals surface area contributed by atoms with Crippen molar-refractivity contribution in [3.8, 4) is 5.82 Å². The number of aromatic nitrogens is 3. The summed E-state index contributed by atoms with van der Waals surface area (Å²) >= 11 is 3.24. The predicted octanol–water partition coefficient (Wildman–Crippen LogP) is 1.32.